The van der Waals surface area contributed by atoms with Gasteiger partial charge in [-0.05, 0) is 36.4 Å². The molecule has 8 rings (SSSR count). The number of fused-ring (bicyclic) bond motifs is 6. The van der Waals surface area contributed by atoms with Crippen molar-refractivity contribution in [2.45, 2.75) is 0 Å². The molecule has 0 saturated heterocycles. The van der Waals surface area contributed by atoms with Gasteiger partial charge in [0.2, 0.25) is 0 Å². The van der Waals surface area contributed by atoms with Crippen LogP contribution in [0.5, 0.6) is 0 Å². The third kappa shape index (κ3) is 2.95. The van der Waals surface area contributed by atoms with E-state index < -0.39 is 36.3 Å². The predicted molar refractivity (Wildman–Crippen MR) is 161 cm³/mol. The normalized spacial score (nSPS) is 14.6. The van der Waals surface area contributed by atoms with E-state index in [1.807, 2.05) is 97.1 Å². The Morgan fingerprint density at radius 3 is 1.00 bits per heavy atom. The summed E-state index contributed by atoms with van der Waals surface area (Å²) in [4.78, 5) is 0. The lowest BCUT2D eigenvalue weighted by molar-refractivity contribution is 1.16. The van der Waals surface area contributed by atoms with Crippen LogP contribution in [-0.2, 0) is 0 Å². The zero-order valence-electron chi connectivity index (χ0n) is 28.1. The molecule has 0 saturated carbocycles. The average molecular weight is 493 g/mol. The molecule has 2 aromatic heterocycles. The molecule has 38 heavy (non-hydrogen) atoms. The first kappa shape index (κ1) is 14.6. The number of nitrogens with zero attached hydrogens (tertiary/aromatic N) is 2. The summed E-state index contributed by atoms with van der Waals surface area (Å²) in [7, 11) is 0. The maximum Gasteiger partial charge on any atom is 0.0645 e. The summed E-state index contributed by atoms with van der Waals surface area (Å²) in [5, 5.41) is 3.53. The van der Waals surface area contributed by atoms with Crippen molar-refractivity contribution in [2.75, 3.05) is 0 Å². The quantitative estimate of drug-likeness (QED) is 0.232. The van der Waals surface area contributed by atoms with E-state index in [-0.39, 0.29) is 34.6 Å². The first-order valence-electron chi connectivity index (χ1n) is 16.4. The Morgan fingerprint density at radius 1 is 0.368 bits per heavy atom. The number of benzene rings is 6. The summed E-state index contributed by atoms with van der Waals surface area (Å²) >= 11 is 0. The van der Waals surface area contributed by atoms with Gasteiger partial charge < -0.3 is 9.13 Å². The Balaban J connectivity index is 1.64. The molecular weight excluding hydrogens is 460 g/mol. The van der Waals surface area contributed by atoms with E-state index in [9.17, 15) is 5.48 Å². The van der Waals surface area contributed by atoms with Crippen LogP contribution in [0.3, 0.4) is 0 Å². The lowest BCUT2D eigenvalue weighted by Gasteiger charge is -2.18. The molecule has 178 valence electrons. The summed E-state index contributed by atoms with van der Waals surface area (Å²) in [6.07, 6.45) is 0. The van der Waals surface area contributed by atoms with Gasteiger partial charge in [0, 0.05) is 32.7 Å². The van der Waals surface area contributed by atoms with E-state index in [4.69, 9.17) is 5.48 Å². The summed E-state index contributed by atoms with van der Waals surface area (Å²) < 4.78 is 75.6. The second-order valence-electron chi connectivity index (χ2n) is 9.19. The summed E-state index contributed by atoms with van der Waals surface area (Å²) in [5.41, 5.74) is 3.00. The van der Waals surface area contributed by atoms with Crippen LogP contribution in [0.4, 0.5) is 0 Å². The van der Waals surface area contributed by atoms with Crippen molar-refractivity contribution in [1.82, 2.24) is 9.13 Å². The van der Waals surface area contributed by atoms with Gasteiger partial charge in [0.15, 0.2) is 0 Å². The Morgan fingerprint density at radius 2 is 0.658 bits per heavy atom. The van der Waals surface area contributed by atoms with Crippen molar-refractivity contribution in [2.24, 2.45) is 0 Å². The highest BCUT2D eigenvalue weighted by atomic mass is 15.0. The van der Waals surface area contributed by atoms with Gasteiger partial charge in [-0.1, -0.05) is 109 Å². The second kappa shape index (κ2) is 8.22. The number of hydrogen-bond donors (Lipinski definition) is 0. The molecule has 0 fully saturated rings. The number of para-hydroxylation sites is 6. The Kier molecular flexibility index (Phi) is 3.16. The minimum atomic E-state index is -0.495. The molecule has 2 heterocycles. The monoisotopic (exact) mass is 492 g/mol. The molecular formula is C36H24N2. The molecule has 0 aliphatic carbocycles. The highest BCUT2D eigenvalue weighted by molar-refractivity contribution is 6.11. The smallest absolute Gasteiger partial charge is 0.0645 e. The van der Waals surface area contributed by atoms with Crippen molar-refractivity contribution < 1.29 is 11.0 Å². The number of hydrogen-bond acceptors (Lipinski definition) is 0. The van der Waals surface area contributed by atoms with Crippen molar-refractivity contribution in [3.05, 3.63) is 145 Å². The van der Waals surface area contributed by atoms with Crippen LogP contribution < -0.4 is 0 Å². The Labute approximate surface area is 231 Å². The fraction of sp³-hybridized carbons (Fsp3) is 0. The average Bonchev–Trinajstić information content (AvgIpc) is 3.59. The zero-order valence-corrected chi connectivity index (χ0v) is 20.1. The summed E-state index contributed by atoms with van der Waals surface area (Å²) in [5.74, 6) is 0. The number of aromatic nitrogens is 2. The fourth-order valence-corrected chi connectivity index (χ4v) is 5.64. The summed E-state index contributed by atoms with van der Waals surface area (Å²) in [6, 6.07) is 27.2. The van der Waals surface area contributed by atoms with Gasteiger partial charge in [-0.15, -0.1) is 0 Å². The first-order chi connectivity index (χ1) is 22.2. The minimum absolute atomic E-state index is 0.0126. The van der Waals surface area contributed by atoms with Crippen LogP contribution in [-0.4, -0.2) is 9.13 Å². The van der Waals surface area contributed by atoms with Crippen molar-refractivity contribution in [3.8, 4) is 22.5 Å². The molecule has 0 spiro atoms. The van der Waals surface area contributed by atoms with E-state index in [1.54, 1.807) is 9.13 Å². The van der Waals surface area contributed by atoms with E-state index in [1.165, 1.54) is 0 Å². The van der Waals surface area contributed by atoms with Gasteiger partial charge in [0.25, 0.3) is 0 Å². The minimum Gasteiger partial charge on any atom is -0.309 e. The second-order valence-corrected chi connectivity index (χ2v) is 9.19. The van der Waals surface area contributed by atoms with Crippen LogP contribution in [0.25, 0.3) is 66.1 Å². The number of rotatable bonds is 3. The molecule has 8 aromatic rings. The molecule has 2 heteroatoms. The van der Waals surface area contributed by atoms with E-state index in [0.29, 0.717) is 22.1 Å². The zero-order chi connectivity index (χ0) is 32.0. The lowest BCUT2D eigenvalue weighted by atomic mass is 10.0. The van der Waals surface area contributed by atoms with Gasteiger partial charge in [-0.3, -0.25) is 0 Å². The van der Waals surface area contributed by atoms with Gasteiger partial charge in [-0.25, -0.2) is 0 Å². The van der Waals surface area contributed by atoms with Gasteiger partial charge >= 0.3 is 0 Å². The molecule has 2 nitrogen and oxygen atoms in total. The molecule has 0 atom stereocenters. The molecule has 0 unspecified atom stereocenters. The molecule has 6 aromatic carbocycles. The van der Waals surface area contributed by atoms with Gasteiger partial charge in [-0.2, -0.15) is 0 Å². The fourth-order valence-electron chi connectivity index (χ4n) is 5.64. The highest BCUT2D eigenvalue weighted by Crippen LogP contribution is 2.40. The van der Waals surface area contributed by atoms with E-state index in [0.717, 1.165) is 21.5 Å². The molecule has 0 aliphatic heterocycles. The van der Waals surface area contributed by atoms with E-state index >= 15 is 0 Å². The molecule has 0 aliphatic rings. The van der Waals surface area contributed by atoms with Crippen molar-refractivity contribution in [1.29, 1.82) is 0 Å². The molecule has 0 radical (unpaired) electrons. The van der Waals surface area contributed by atoms with Gasteiger partial charge in [0.1, 0.15) is 0 Å². The maximum atomic E-state index is 9.30. The Bertz CT molecular complexity index is 2300. The third-order valence-corrected chi connectivity index (χ3v) is 7.19. The topological polar surface area (TPSA) is 9.86 Å². The standard InChI is InChI=1S/C36H24N2/c1-7-19-31-25(13-1)26-14-2-8-20-32(26)37(31)35-23-11-5-17-29(35)30-18-6-12-24-36(30)38-33-21-9-3-15-27(33)28-16-4-10-22-34(28)38/h1-24H/i5D,6D,11D,12D,17D,18D,23D,24D. The summed E-state index contributed by atoms with van der Waals surface area (Å²) in [6.45, 7) is 0. The van der Waals surface area contributed by atoms with Crippen LogP contribution in [0.1, 0.15) is 11.0 Å². The Hall–Kier alpha value is -5.08. The van der Waals surface area contributed by atoms with Crippen LogP contribution >= 0.6 is 0 Å². The van der Waals surface area contributed by atoms with Crippen LogP contribution in [0.15, 0.2) is 145 Å². The SMILES string of the molecule is [2H]c1c([2H])c([2H])c(-n2c3ccccc3c3ccccc32)c(-c2c([2H])c([2H])c([2H])c([2H])c2-n2c3ccccc3c3ccccc32)c1[2H]. The van der Waals surface area contributed by atoms with Crippen molar-refractivity contribution in [3.63, 3.8) is 0 Å². The van der Waals surface area contributed by atoms with Crippen LogP contribution in [0.2, 0.25) is 0 Å². The van der Waals surface area contributed by atoms with E-state index in [2.05, 4.69) is 0 Å². The lowest BCUT2D eigenvalue weighted by Crippen LogP contribution is -2.01. The maximum absolute atomic E-state index is 9.30. The highest BCUT2D eigenvalue weighted by Gasteiger charge is 2.19. The molecule has 0 bridgehead atoms. The molecule has 0 amide bonds. The first-order valence-corrected chi connectivity index (χ1v) is 12.4. The third-order valence-electron chi connectivity index (χ3n) is 7.19. The largest absolute Gasteiger partial charge is 0.309 e. The predicted octanol–water partition coefficient (Wildman–Crippen LogP) is 9.55. The molecule has 0 N–H and O–H groups in total. The van der Waals surface area contributed by atoms with Gasteiger partial charge in [0.05, 0.1) is 44.4 Å². The van der Waals surface area contributed by atoms with Crippen LogP contribution in [0, 0.1) is 0 Å². The van der Waals surface area contributed by atoms with Crippen molar-refractivity contribution >= 4 is 43.6 Å².